The highest BCUT2D eigenvalue weighted by atomic mass is 16.5. The van der Waals surface area contributed by atoms with E-state index in [0.717, 1.165) is 4.68 Å². The van der Waals surface area contributed by atoms with Crippen molar-refractivity contribution in [3.05, 3.63) is 16.3 Å². The molecule has 15 heavy (non-hydrogen) atoms. The average Bonchev–Trinajstić information content (AvgIpc) is 2.56. The Morgan fingerprint density at radius 2 is 2.40 bits per heavy atom. The van der Waals surface area contributed by atoms with Crippen LogP contribution in [0.15, 0.2) is 4.79 Å². The molecule has 82 valence electrons. The van der Waals surface area contributed by atoms with Crippen LogP contribution in [0.4, 0.5) is 0 Å². The Kier molecular flexibility index (Phi) is 2.31. The zero-order valence-corrected chi connectivity index (χ0v) is 8.21. The minimum absolute atomic E-state index is 0.259. The fourth-order valence-electron chi connectivity index (χ4n) is 1.46. The first-order chi connectivity index (χ1) is 7.11. The summed E-state index contributed by atoms with van der Waals surface area (Å²) >= 11 is 0. The first-order valence-corrected chi connectivity index (χ1v) is 4.60. The van der Waals surface area contributed by atoms with E-state index in [0.29, 0.717) is 19.0 Å². The normalized spacial score (nSPS) is 17.1. The van der Waals surface area contributed by atoms with Crippen molar-refractivity contribution in [3.63, 3.8) is 0 Å². The van der Waals surface area contributed by atoms with Gasteiger partial charge in [0.15, 0.2) is 11.9 Å². The summed E-state index contributed by atoms with van der Waals surface area (Å²) in [6.07, 6.45) is 0. The van der Waals surface area contributed by atoms with Crippen LogP contribution in [0.2, 0.25) is 0 Å². The summed E-state index contributed by atoms with van der Waals surface area (Å²) in [7, 11) is 0. The molecule has 0 unspecified atom stereocenters. The van der Waals surface area contributed by atoms with E-state index in [9.17, 15) is 9.59 Å². The quantitative estimate of drug-likeness (QED) is 0.696. The lowest BCUT2D eigenvalue weighted by Gasteiger charge is -2.11. The second-order valence-electron chi connectivity index (χ2n) is 3.36. The maximum atomic E-state index is 11.7. The predicted octanol–water partition coefficient (Wildman–Crippen LogP) is -0.779. The summed E-state index contributed by atoms with van der Waals surface area (Å²) in [5.74, 6) is -0.590. The van der Waals surface area contributed by atoms with Crippen molar-refractivity contribution < 1.29 is 14.6 Å². The van der Waals surface area contributed by atoms with E-state index in [1.54, 1.807) is 0 Å². The number of carboxylic acid groups (broad SMARTS) is 1. The molecule has 0 bridgehead atoms. The number of ether oxygens (including phenoxy) is 1. The number of aromatic nitrogens is 3. The van der Waals surface area contributed by atoms with Crippen molar-refractivity contribution in [1.82, 2.24) is 14.3 Å². The van der Waals surface area contributed by atoms with Gasteiger partial charge in [0.05, 0.1) is 13.2 Å². The molecule has 1 N–H and O–H groups in total. The fraction of sp³-hybridized carbons (Fsp3) is 0.625. The topological polar surface area (TPSA) is 86.4 Å². The molecule has 7 heteroatoms. The van der Waals surface area contributed by atoms with Gasteiger partial charge in [0.1, 0.15) is 6.61 Å². The largest absolute Gasteiger partial charge is 0.480 e. The lowest BCUT2D eigenvalue weighted by atomic mass is 10.4. The second-order valence-corrected chi connectivity index (χ2v) is 3.36. The Morgan fingerprint density at radius 3 is 3.00 bits per heavy atom. The number of rotatable bonds is 2. The van der Waals surface area contributed by atoms with Gasteiger partial charge in [-0.25, -0.2) is 9.59 Å². The molecule has 1 atom stereocenters. The summed E-state index contributed by atoms with van der Waals surface area (Å²) in [5.41, 5.74) is -0.386. The van der Waals surface area contributed by atoms with E-state index >= 15 is 0 Å². The van der Waals surface area contributed by atoms with E-state index in [2.05, 4.69) is 5.10 Å². The van der Waals surface area contributed by atoms with E-state index in [1.165, 1.54) is 11.5 Å². The van der Waals surface area contributed by atoms with Gasteiger partial charge in [-0.1, -0.05) is 0 Å². The Balaban J connectivity index is 2.46. The van der Waals surface area contributed by atoms with Gasteiger partial charge < -0.3 is 9.84 Å². The number of fused-ring (bicyclic) bond motifs is 1. The van der Waals surface area contributed by atoms with Crippen LogP contribution in [0, 0.1) is 0 Å². The smallest absolute Gasteiger partial charge is 0.346 e. The van der Waals surface area contributed by atoms with E-state index in [4.69, 9.17) is 9.84 Å². The van der Waals surface area contributed by atoms with Gasteiger partial charge in [0.25, 0.3) is 0 Å². The maximum Gasteiger partial charge on any atom is 0.346 e. The molecule has 0 radical (unpaired) electrons. The van der Waals surface area contributed by atoms with Gasteiger partial charge in [0.2, 0.25) is 0 Å². The molecule has 1 aliphatic heterocycles. The van der Waals surface area contributed by atoms with Crippen molar-refractivity contribution in [2.24, 2.45) is 0 Å². The van der Waals surface area contributed by atoms with Gasteiger partial charge in [-0.15, -0.1) is 0 Å². The molecule has 0 saturated heterocycles. The molecule has 0 amide bonds. The molecular formula is C8H11N3O4. The highest BCUT2D eigenvalue weighted by Crippen LogP contribution is 2.06. The molecular weight excluding hydrogens is 202 g/mol. The van der Waals surface area contributed by atoms with Crippen LogP contribution in [0.5, 0.6) is 0 Å². The summed E-state index contributed by atoms with van der Waals surface area (Å²) in [6, 6.07) is -0.949. The van der Waals surface area contributed by atoms with Gasteiger partial charge in [-0.3, -0.25) is 4.57 Å². The first-order valence-electron chi connectivity index (χ1n) is 4.60. The molecule has 7 nitrogen and oxygen atoms in total. The monoisotopic (exact) mass is 213 g/mol. The third-order valence-electron chi connectivity index (χ3n) is 2.38. The number of carboxylic acids is 1. The fourth-order valence-corrected chi connectivity index (χ4v) is 1.46. The molecule has 1 aromatic heterocycles. The predicted molar refractivity (Wildman–Crippen MR) is 48.5 cm³/mol. The molecule has 2 heterocycles. The third kappa shape index (κ3) is 1.54. The lowest BCUT2D eigenvalue weighted by Crippen LogP contribution is -2.32. The number of hydrogen-bond donors (Lipinski definition) is 1. The van der Waals surface area contributed by atoms with E-state index in [1.807, 2.05) is 0 Å². The van der Waals surface area contributed by atoms with Crippen LogP contribution >= 0.6 is 0 Å². The molecule has 1 aromatic rings. The zero-order valence-electron chi connectivity index (χ0n) is 8.21. The molecule has 0 aliphatic carbocycles. The van der Waals surface area contributed by atoms with E-state index < -0.39 is 12.0 Å². The van der Waals surface area contributed by atoms with Crippen LogP contribution < -0.4 is 5.69 Å². The summed E-state index contributed by atoms with van der Waals surface area (Å²) in [6.45, 7) is 2.57. The molecule has 0 spiro atoms. The van der Waals surface area contributed by atoms with Crippen molar-refractivity contribution in [2.75, 3.05) is 6.61 Å². The average molecular weight is 213 g/mol. The molecule has 1 aliphatic rings. The summed E-state index contributed by atoms with van der Waals surface area (Å²) in [4.78, 5) is 22.4. The Hall–Kier alpha value is -1.63. The first kappa shape index (κ1) is 9.91. The minimum Gasteiger partial charge on any atom is -0.480 e. The maximum absolute atomic E-state index is 11.7. The number of aliphatic carboxylic acids is 1. The van der Waals surface area contributed by atoms with Gasteiger partial charge in [-0.05, 0) is 6.92 Å². The van der Waals surface area contributed by atoms with Crippen LogP contribution in [-0.4, -0.2) is 32.0 Å². The summed E-state index contributed by atoms with van der Waals surface area (Å²) < 4.78 is 7.55. The van der Waals surface area contributed by atoms with E-state index in [-0.39, 0.29) is 12.3 Å². The highest BCUT2D eigenvalue weighted by molar-refractivity contribution is 5.71. The second kappa shape index (κ2) is 3.50. The van der Waals surface area contributed by atoms with Gasteiger partial charge >= 0.3 is 11.7 Å². The SMILES string of the molecule is C[C@@H](C(=O)O)n1nc2n(c1=O)CCOC2. The number of nitrogens with zero attached hydrogens (tertiary/aromatic N) is 3. The highest BCUT2D eigenvalue weighted by Gasteiger charge is 2.23. The van der Waals surface area contributed by atoms with Gasteiger partial charge in [0, 0.05) is 0 Å². The standard InChI is InChI=1S/C8H11N3O4/c1-5(7(12)13)11-8(14)10-2-3-15-4-6(10)9-11/h5H,2-4H2,1H3,(H,12,13)/t5-/m0/s1. The van der Waals surface area contributed by atoms with Crippen LogP contribution in [0.25, 0.3) is 0 Å². The third-order valence-corrected chi connectivity index (χ3v) is 2.38. The van der Waals surface area contributed by atoms with Gasteiger partial charge in [-0.2, -0.15) is 9.78 Å². The molecule has 2 rings (SSSR count). The van der Waals surface area contributed by atoms with Crippen molar-refractivity contribution in [3.8, 4) is 0 Å². The minimum atomic E-state index is -1.08. The Labute approximate surface area is 84.9 Å². The number of carbonyl (C=O) groups is 1. The summed E-state index contributed by atoms with van der Waals surface area (Å²) in [5, 5.41) is 12.7. The molecule has 0 aromatic carbocycles. The van der Waals surface area contributed by atoms with Crippen LogP contribution in [-0.2, 0) is 22.7 Å². The Morgan fingerprint density at radius 1 is 1.67 bits per heavy atom. The number of hydrogen-bond acceptors (Lipinski definition) is 4. The van der Waals surface area contributed by atoms with Crippen molar-refractivity contribution in [2.45, 2.75) is 26.1 Å². The molecule has 0 fully saturated rings. The lowest BCUT2D eigenvalue weighted by molar-refractivity contribution is -0.140. The van der Waals surface area contributed by atoms with Crippen molar-refractivity contribution >= 4 is 5.97 Å². The van der Waals surface area contributed by atoms with Crippen LogP contribution in [0.3, 0.4) is 0 Å². The Bertz CT molecular complexity index is 447. The molecule has 0 saturated carbocycles. The zero-order chi connectivity index (χ0) is 11.0. The van der Waals surface area contributed by atoms with Crippen molar-refractivity contribution in [1.29, 1.82) is 0 Å². The van der Waals surface area contributed by atoms with Crippen LogP contribution in [0.1, 0.15) is 18.8 Å².